The molecule has 7 nitrogen and oxygen atoms in total. The van der Waals surface area contributed by atoms with Crippen molar-refractivity contribution >= 4 is 23.4 Å². The lowest BCUT2D eigenvalue weighted by Crippen LogP contribution is -2.14. The summed E-state index contributed by atoms with van der Waals surface area (Å²) in [5, 5.41) is 2.78. The predicted octanol–water partition coefficient (Wildman–Crippen LogP) is 4.65. The van der Waals surface area contributed by atoms with Crippen LogP contribution in [0, 0.1) is 0 Å². The number of ether oxygens (including phenoxy) is 1. The molecule has 2 aromatic heterocycles. The fourth-order valence-electron chi connectivity index (χ4n) is 3.30. The van der Waals surface area contributed by atoms with Gasteiger partial charge in [-0.25, -0.2) is 4.98 Å². The Balaban J connectivity index is 1.32. The second-order valence-electron chi connectivity index (χ2n) is 7.63. The molecule has 0 aliphatic heterocycles. The Morgan fingerprint density at radius 3 is 2.38 bits per heavy atom. The van der Waals surface area contributed by atoms with Crippen molar-refractivity contribution < 1.29 is 14.3 Å². The molecule has 4 aromatic rings. The molecule has 170 valence electrons. The van der Waals surface area contributed by atoms with Crippen molar-refractivity contribution in [3.63, 3.8) is 0 Å². The summed E-state index contributed by atoms with van der Waals surface area (Å²) in [5.74, 6) is -0.302. The monoisotopic (exact) mass is 452 g/mol. The topological polar surface area (TPSA) is 107 Å². The molecule has 3 N–H and O–H groups in total. The molecule has 2 heterocycles. The summed E-state index contributed by atoms with van der Waals surface area (Å²) in [6.07, 6.45) is 2.41. The Hall–Kier alpha value is -4.52. The number of aryl methyl sites for hydroxylation is 1. The van der Waals surface area contributed by atoms with E-state index in [-0.39, 0.29) is 24.9 Å². The summed E-state index contributed by atoms with van der Waals surface area (Å²) >= 11 is 0. The molecule has 0 saturated heterocycles. The highest BCUT2D eigenvalue weighted by atomic mass is 16.5. The van der Waals surface area contributed by atoms with Crippen LogP contribution in [0.15, 0.2) is 91.1 Å². The average molecular weight is 453 g/mol. The molecule has 2 aromatic carbocycles. The smallest absolute Gasteiger partial charge is 0.306 e. The number of pyridine rings is 2. The minimum atomic E-state index is -0.314. The highest BCUT2D eigenvalue weighted by molar-refractivity contribution is 6.05. The van der Waals surface area contributed by atoms with Crippen molar-refractivity contribution in [3.05, 3.63) is 108 Å². The number of carbonyl (C=O) groups is 2. The highest BCUT2D eigenvalue weighted by Crippen LogP contribution is 2.23. The van der Waals surface area contributed by atoms with Gasteiger partial charge in [0, 0.05) is 23.7 Å². The van der Waals surface area contributed by atoms with Crippen molar-refractivity contribution in [2.45, 2.75) is 19.4 Å². The van der Waals surface area contributed by atoms with Crippen LogP contribution >= 0.6 is 0 Å². The van der Waals surface area contributed by atoms with Gasteiger partial charge < -0.3 is 15.8 Å². The van der Waals surface area contributed by atoms with Gasteiger partial charge in [-0.2, -0.15) is 0 Å². The Labute approximate surface area is 197 Å². The standard InChI is InChI=1S/C27H24N4O3/c28-23-14-15-24(20-6-2-1-3-7-20)30-26(23)31-27(33)21-12-9-19(10-13-21)11-16-25(32)34-18-22-8-4-5-17-29-22/h1-10,12-15,17H,11,16,18,28H2,(H,30,31,33). The molecule has 4 rings (SSSR count). The number of rotatable bonds is 8. The number of esters is 1. The van der Waals surface area contributed by atoms with Crippen LogP contribution in [0.5, 0.6) is 0 Å². The van der Waals surface area contributed by atoms with Crippen molar-refractivity contribution in [1.29, 1.82) is 0 Å². The van der Waals surface area contributed by atoms with Crippen LogP contribution in [0.25, 0.3) is 11.3 Å². The van der Waals surface area contributed by atoms with E-state index in [4.69, 9.17) is 10.5 Å². The molecule has 0 spiro atoms. The lowest BCUT2D eigenvalue weighted by molar-refractivity contribution is -0.145. The number of hydrogen-bond acceptors (Lipinski definition) is 6. The summed E-state index contributed by atoms with van der Waals surface area (Å²) in [6.45, 7) is 0.154. The van der Waals surface area contributed by atoms with Gasteiger partial charge in [0.25, 0.3) is 5.91 Å². The predicted molar refractivity (Wildman–Crippen MR) is 131 cm³/mol. The molecular weight excluding hydrogens is 428 g/mol. The van der Waals surface area contributed by atoms with E-state index < -0.39 is 0 Å². The maximum atomic E-state index is 12.7. The molecule has 0 bridgehead atoms. The largest absolute Gasteiger partial charge is 0.459 e. The summed E-state index contributed by atoms with van der Waals surface area (Å²) in [6, 6.07) is 25.7. The molecule has 0 aliphatic carbocycles. The van der Waals surface area contributed by atoms with Crippen LogP contribution in [-0.4, -0.2) is 21.8 Å². The Morgan fingerprint density at radius 2 is 1.65 bits per heavy atom. The van der Waals surface area contributed by atoms with E-state index in [1.54, 1.807) is 30.5 Å². The van der Waals surface area contributed by atoms with Crippen LogP contribution in [0.4, 0.5) is 11.5 Å². The molecule has 0 fully saturated rings. The zero-order valence-electron chi connectivity index (χ0n) is 18.5. The van der Waals surface area contributed by atoms with E-state index >= 15 is 0 Å². The number of anilines is 2. The molecule has 34 heavy (non-hydrogen) atoms. The fraction of sp³-hybridized carbons (Fsp3) is 0.111. The molecule has 0 atom stereocenters. The second-order valence-corrected chi connectivity index (χ2v) is 7.63. The summed E-state index contributed by atoms with van der Waals surface area (Å²) in [7, 11) is 0. The maximum absolute atomic E-state index is 12.7. The van der Waals surface area contributed by atoms with Crippen LogP contribution in [0.2, 0.25) is 0 Å². The normalized spacial score (nSPS) is 10.5. The number of nitrogens with one attached hydrogen (secondary N) is 1. The molecule has 0 saturated carbocycles. The van der Waals surface area contributed by atoms with E-state index in [0.29, 0.717) is 29.2 Å². The van der Waals surface area contributed by atoms with E-state index in [0.717, 1.165) is 16.8 Å². The number of benzene rings is 2. The lowest BCUT2D eigenvalue weighted by atomic mass is 10.1. The number of nitrogens with two attached hydrogens (primary N) is 1. The zero-order valence-corrected chi connectivity index (χ0v) is 18.5. The van der Waals surface area contributed by atoms with Gasteiger partial charge in [0.1, 0.15) is 6.61 Å². The third-order valence-electron chi connectivity index (χ3n) is 5.17. The second kappa shape index (κ2) is 10.9. The number of aromatic nitrogens is 2. The molecule has 0 aliphatic rings. The zero-order chi connectivity index (χ0) is 23.8. The first-order valence-electron chi connectivity index (χ1n) is 10.9. The lowest BCUT2D eigenvalue weighted by Gasteiger charge is -2.10. The third-order valence-corrected chi connectivity index (χ3v) is 5.17. The van der Waals surface area contributed by atoms with Gasteiger partial charge >= 0.3 is 5.97 Å². The average Bonchev–Trinajstić information content (AvgIpc) is 2.89. The van der Waals surface area contributed by atoms with Crippen LogP contribution in [0.3, 0.4) is 0 Å². The van der Waals surface area contributed by atoms with Crippen molar-refractivity contribution in [2.75, 3.05) is 11.1 Å². The van der Waals surface area contributed by atoms with Gasteiger partial charge in [-0.1, -0.05) is 48.5 Å². The molecule has 7 heteroatoms. The maximum Gasteiger partial charge on any atom is 0.306 e. The van der Waals surface area contributed by atoms with E-state index in [1.165, 1.54) is 0 Å². The fourth-order valence-corrected chi connectivity index (χ4v) is 3.30. The minimum Gasteiger partial charge on any atom is -0.459 e. The van der Waals surface area contributed by atoms with Crippen LogP contribution < -0.4 is 11.1 Å². The molecule has 0 unspecified atom stereocenters. The van der Waals surface area contributed by atoms with E-state index in [2.05, 4.69) is 15.3 Å². The Morgan fingerprint density at radius 1 is 0.882 bits per heavy atom. The summed E-state index contributed by atoms with van der Waals surface area (Å²) in [5.41, 5.74) is 10.2. The quantitative estimate of drug-likeness (QED) is 0.377. The van der Waals surface area contributed by atoms with E-state index in [9.17, 15) is 9.59 Å². The first kappa shape index (κ1) is 22.7. The van der Waals surface area contributed by atoms with Gasteiger partial charge in [0.05, 0.1) is 17.1 Å². The molecule has 1 amide bonds. The van der Waals surface area contributed by atoms with Gasteiger partial charge in [-0.15, -0.1) is 0 Å². The van der Waals surface area contributed by atoms with Crippen molar-refractivity contribution in [3.8, 4) is 11.3 Å². The van der Waals surface area contributed by atoms with Gasteiger partial charge in [-0.3, -0.25) is 14.6 Å². The van der Waals surface area contributed by atoms with Crippen molar-refractivity contribution in [2.24, 2.45) is 0 Å². The number of carbonyl (C=O) groups excluding carboxylic acids is 2. The Kier molecular flexibility index (Phi) is 7.25. The van der Waals surface area contributed by atoms with Gasteiger partial charge in [0.15, 0.2) is 5.82 Å². The van der Waals surface area contributed by atoms with Gasteiger partial charge in [0.2, 0.25) is 0 Å². The minimum absolute atomic E-state index is 0.154. The summed E-state index contributed by atoms with van der Waals surface area (Å²) < 4.78 is 5.25. The number of amides is 1. The molecule has 0 radical (unpaired) electrons. The first-order chi connectivity index (χ1) is 16.6. The van der Waals surface area contributed by atoms with Crippen molar-refractivity contribution in [1.82, 2.24) is 9.97 Å². The first-order valence-corrected chi connectivity index (χ1v) is 10.9. The summed E-state index contributed by atoms with van der Waals surface area (Å²) in [4.78, 5) is 33.3. The number of hydrogen-bond donors (Lipinski definition) is 2. The van der Waals surface area contributed by atoms with Gasteiger partial charge in [-0.05, 0) is 48.4 Å². The van der Waals surface area contributed by atoms with E-state index in [1.807, 2.05) is 60.7 Å². The highest BCUT2D eigenvalue weighted by Gasteiger charge is 2.12. The number of nitrogen functional groups attached to an aromatic ring is 1. The van der Waals surface area contributed by atoms with Crippen LogP contribution in [-0.2, 0) is 22.6 Å². The SMILES string of the molecule is Nc1ccc(-c2ccccc2)nc1NC(=O)c1ccc(CCC(=O)OCc2ccccn2)cc1. The number of nitrogens with zero attached hydrogens (tertiary/aromatic N) is 2. The van der Waals surface area contributed by atoms with Crippen LogP contribution in [0.1, 0.15) is 28.0 Å². The third kappa shape index (κ3) is 6.04. The molecular formula is C27H24N4O3. The Bertz CT molecular complexity index is 1260.